The highest BCUT2D eigenvalue weighted by atomic mass is 16.2. The molecule has 0 spiro atoms. The van der Waals surface area contributed by atoms with Gasteiger partial charge in [0, 0.05) is 23.0 Å². The second kappa shape index (κ2) is 7.42. The van der Waals surface area contributed by atoms with Crippen LogP contribution < -0.4 is 5.32 Å². The van der Waals surface area contributed by atoms with Crippen molar-refractivity contribution in [2.75, 3.05) is 5.32 Å². The van der Waals surface area contributed by atoms with E-state index in [4.69, 9.17) is 0 Å². The van der Waals surface area contributed by atoms with Crippen molar-refractivity contribution in [3.63, 3.8) is 0 Å². The molecule has 0 radical (unpaired) electrons. The van der Waals surface area contributed by atoms with Gasteiger partial charge in [0.05, 0.1) is 17.6 Å². The Kier molecular flexibility index (Phi) is 4.81. The number of rotatable bonds is 5. The third-order valence-electron chi connectivity index (χ3n) is 5.48. The Bertz CT molecular complexity index is 967. The van der Waals surface area contributed by atoms with Crippen molar-refractivity contribution >= 4 is 17.4 Å². The summed E-state index contributed by atoms with van der Waals surface area (Å²) in [6, 6.07) is 9.31. The molecule has 2 aromatic heterocycles. The number of Topliss-reactive ketones (excluding diaryl/α,β-unsaturated/α-hetero) is 1. The Labute approximate surface area is 162 Å². The molecule has 7 heteroatoms. The molecule has 0 saturated heterocycles. The SMILES string of the molecule is Cc1cc(-c2ccc(C(=O)C3(C(=O)Nc4cn[nH]c4)CCCCC3)cc2)n[nH]1. The molecule has 0 bridgehead atoms. The van der Waals surface area contributed by atoms with E-state index in [0.29, 0.717) is 24.1 Å². The van der Waals surface area contributed by atoms with Crippen LogP contribution in [0.2, 0.25) is 0 Å². The lowest BCUT2D eigenvalue weighted by atomic mass is 9.68. The number of nitrogens with one attached hydrogen (secondary N) is 3. The zero-order chi connectivity index (χ0) is 19.6. The molecule has 28 heavy (non-hydrogen) atoms. The third kappa shape index (κ3) is 3.35. The number of aryl methyl sites for hydroxylation is 1. The van der Waals surface area contributed by atoms with Gasteiger partial charge in [-0.3, -0.25) is 19.8 Å². The summed E-state index contributed by atoms with van der Waals surface area (Å²) in [6.07, 6.45) is 7.07. The zero-order valence-electron chi connectivity index (χ0n) is 15.8. The van der Waals surface area contributed by atoms with Crippen LogP contribution in [0.4, 0.5) is 5.69 Å². The van der Waals surface area contributed by atoms with Crippen molar-refractivity contribution in [2.24, 2.45) is 5.41 Å². The number of amides is 1. The molecule has 1 aliphatic carbocycles. The minimum Gasteiger partial charge on any atom is -0.323 e. The molecule has 0 atom stereocenters. The van der Waals surface area contributed by atoms with Gasteiger partial charge in [0.1, 0.15) is 5.41 Å². The van der Waals surface area contributed by atoms with Crippen LogP contribution in [-0.4, -0.2) is 32.1 Å². The van der Waals surface area contributed by atoms with E-state index in [9.17, 15) is 9.59 Å². The number of H-pyrrole nitrogens is 2. The topological polar surface area (TPSA) is 104 Å². The van der Waals surface area contributed by atoms with Crippen LogP contribution in [0, 0.1) is 12.3 Å². The predicted octanol–water partition coefficient (Wildman–Crippen LogP) is 3.88. The highest BCUT2D eigenvalue weighted by Gasteiger charge is 2.46. The summed E-state index contributed by atoms with van der Waals surface area (Å²) < 4.78 is 0. The van der Waals surface area contributed by atoms with Gasteiger partial charge in [-0.05, 0) is 25.8 Å². The normalized spacial score (nSPS) is 15.9. The lowest BCUT2D eigenvalue weighted by Gasteiger charge is -2.34. The number of carbonyl (C=O) groups excluding carboxylic acids is 2. The summed E-state index contributed by atoms with van der Waals surface area (Å²) >= 11 is 0. The molecule has 144 valence electrons. The van der Waals surface area contributed by atoms with E-state index in [1.807, 2.05) is 25.1 Å². The number of ketones is 1. The fourth-order valence-corrected chi connectivity index (χ4v) is 3.92. The van der Waals surface area contributed by atoms with Crippen LogP contribution in [0.1, 0.15) is 48.2 Å². The highest BCUT2D eigenvalue weighted by molar-refractivity contribution is 6.17. The van der Waals surface area contributed by atoms with Crippen LogP contribution in [0.3, 0.4) is 0 Å². The molecule has 3 N–H and O–H groups in total. The van der Waals surface area contributed by atoms with Crippen LogP contribution >= 0.6 is 0 Å². The van der Waals surface area contributed by atoms with Gasteiger partial charge in [-0.15, -0.1) is 0 Å². The summed E-state index contributed by atoms with van der Waals surface area (Å²) in [5, 5.41) is 16.6. The first-order chi connectivity index (χ1) is 13.6. The lowest BCUT2D eigenvalue weighted by Crippen LogP contribution is -2.44. The van der Waals surface area contributed by atoms with E-state index in [1.165, 1.54) is 0 Å². The van der Waals surface area contributed by atoms with E-state index in [-0.39, 0.29) is 11.7 Å². The van der Waals surface area contributed by atoms with Gasteiger partial charge < -0.3 is 5.32 Å². The third-order valence-corrected chi connectivity index (χ3v) is 5.48. The molecule has 4 rings (SSSR count). The largest absolute Gasteiger partial charge is 0.323 e. The Hall–Kier alpha value is -3.22. The number of hydrogen-bond acceptors (Lipinski definition) is 4. The highest BCUT2D eigenvalue weighted by Crippen LogP contribution is 2.40. The molecular formula is C21H23N5O2. The molecule has 0 aliphatic heterocycles. The first-order valence-corrected chi connectivity index (χ1v) is 9.56. The number of anilines is 1. The first-order valence-electron chi connectivity index (χ1n) is 9.56. The molecule has 1 aliphatic rings. The average molecular weight is 377 g/mol. The van der Waals surface area contributed by atoms with E-state index >= 15 is 0 Å². The van der Waals surface area contributed by atoms with E-state index in [1.54, 1.807) is 24.5 Å². The van der Waals surface area contributed by atoms with Crippen molar-refractivity contribution in [3.05, 3.63) is 54.0 Å². The molecule has 1 fully saturated rings. The lowest BCUT2D eigenvalue weighted by molar-refractivity contribution is -0.124. The molecule has 0 unspecified atom stereocenters. The Morgan fingerprint density at radius 2 is 1.86 bits per heavy atom. The molecule has 1 amide bonds. The van der Waals surface area contributed by atoms with Gasteiger partial charge in [-0.1, -0.05) is 43.5 Å². The smallest absolute Gasteiger partial charge is 0.238 e. The van der Waals surface area contributed by atoms with Crippen LogP contribution in [-0.2, 0) is 4.79 Å². The van der Waals surface area contributed by atoms with Gasteiger partial charge >= 0.3 is 0 Å². The fourth-order valence-electron chi connectivity index (χ4n) is 3.92. The summed E-state index contributed by atoms with van der Waals surface area (Å²) in [6.45, 7) is 1.94. The summed E-state index contributed by atoms with van der Waals surface area (Å²) in [4.78, 5) is 26.5. The number of benzene rings is 1. The standard InChI is InChI=1S/C21H23N5O2/c1-14-11-18(26-25-14)15-5-7-16(8-6-15)19(27)21(9-3-2-4-10-21)20(28)24-17-12-22-23-13-17/h5-8,11-13H,2-4,9-10H2,1H3,(H,22,23)(H,24,28)(H,25,26). The summed E-state index contributed by atoms with van der Waals surface area (Å²) in [7, 11) is 0. The summed E-state index contributed by atoms with van der Waals surface area (Å²) in [5.41, 5.74) is 2.85. The number of carbonyl (C=O) groups is 2. The van der Waals surface area contributed by atoms with Crippen molar-refractivity contribution < 1.29 is 9.59 Å². The molecule has 2 heterocycles. The molecule has 1 saturated carbocycles. The number of nitrogens with zero attached hydrogens (tertiary/aromatic N) is 2. The number of aromatic amines is 2. The van der Waals surface area contributed by atoms with Gasteiger partial charge in [0.25, 0.3) is 0 Å². The Morgan fingerprint density at radius 1 is 1.11 bits per heavy atom. The zero-order valence-corrected chi connectivity index (χ0v) is 15.8. The maximum Gasteiger partial charge on any atom is 0.238 e. The maximum absolute atomic E-state index is 13.4. The van der Waals surface area contributed by atoms with Crippen molar-refractivity contribution in [1.82, 2.24) is 20.4 Å². The Balaban J connectivity index is 1.61. The van der Waals surface area contributed by atoms with E-state index in [0.717, 1.165) is 36.2 Å². The maximum atomic E-state index is 13.4. The molecular weight excluding hydrogens is 354 g/mol. The van der Waals surface area contributed by atoms with Crippen molar-refractivity contribution in [3.8, 4) is 11.3 Å². The summed E-state index contributed by atoms with van der Waals surface area (Å²) in [5.74, 6) is -0.358. The van der Waals surface area contributed by atoms with E-state index in [2.05, 4.69) is 25.7 Å². The van der Waals surface area contributed by atoms with Gasteiger partial charge in [0.15, 0.2) is 5.78 Å². The molecule has 1 aromatic carbocycles. The number of hydrogen-bond donors (Lipinski definition) is 3. The van der Waals surface area contributed by atoms with Crippen LogP contribution in [0.25, 0.3) is 11.3 Å². The van der Waals surface area contributed by atoms with Gasteiger partial charge in [-0.25, -0.2) is 0 Å². The fraction of sp³-hybridized carbons (Fsp3) is 0.333. The monoisotopic (exact) mass is 377 g/mol. The average Bonchev–Trinajstić information content (AvgIpc) is 3.40. The Morgan fingerprint density at radius 3 is 2.46 bits per heavy atom. The van der Waals surface area contributed by atoms with Crippen LogP contribution in [0.5, 0.6) is 0 Å². The number of aromatic nitrogens is 4. The molecule has 3 aromatic rings. The van der Waals surface area contributed by atoms with Gasteiger partial charge in [0.2, 0.25) is 5.91 Å². The minimum atomic E-state index is -1.03. The quantitative estimate of drug-likeness (QED) is 0.464. The predicted molar refractivity (Wildman–Crippen MR) is 106 cm³/mol. The first kappa shape index (κ1) is 18.2. The second-order valence-electron chi connectivity index (χ2n) is 7.43. The van der Waals surface area contributed by atoms with Crippen LogP contribution in [0.15, 0.2) is 42.7 Å². The van der Waals surface area contributed by atoms with Gasteiger partial charge in [-0.2, -0.15) is 10.2 Å². The second-order valence-corrected chi connectivity index (χ2v) is 7.43. The minimum absolute atomic E-state index is 0.113. The van der Waals surface area contributed by atoms with E-state index < -0.39 is 5.41 Å². The van der Waals surface area contributed by atoms with Crippen molar-refractivity contribution in [1.29, 1.82) is 0 Å². The molecule has 7 nitrogen and oxygen atoms in total. The van der Waals surface area contributed by atoms with Crippen molar-refractivity contribution in [2.45, 2.75) is 39.0 Å².